The van der Waals surface area contributed by atoms with Gasteiger partial charge in [0.25, 0.3) is 0 Å². The highest BCUT2D eigenvalue weighted by atomic mass is 35.5. The first kappa shape index (κ1) is 15.7. The van der Waals surface area contributed by atoms with Crippen molar-refractivity contribution in [2.24, 2.45) is 10.8 Å². The van der Waals surface area contributed by atoms with Crippen LogP contribution in [0.3, 0.4) is 0 Å². The maximum absolute atomic E-state index is 5.78. The van der Waals surface area contributed by atoms with E-state index in [2.05, 4.69) is 20.5 Å². The Hall–Kier alpha value is -1.70. The summed E-state index contributed by atoms with van der Waals surface area (Å²) in [5.74, 6) is 0.937. The lowest BCUT2D eigenvalue weighted by Gasteiger charge is -2.04. The molecule has 1 heterocycles. The predicted octanol–water partition coefficient (Wildman–Crippen LogP) is 2.56. The Balaban J connectivity index is 1.87. The van der Waals surface area contributed by atoms with E-state index in [4.69, 9.17) is 29.6 Å². The van der Waals surface area contributed by atoms with Crippen LogP contribution in [0, 0.1) is 0 Å². The number of nitrogens with two attached hydrogens (primary N) is 1. The molecule has 21 heavy (non-hydrogen) atoms. The lowest BCUT2D eigenvalue weighted by molar-refractivity contribution is 1.04. The molecule has 0 aliphatic rings. The Morgan fingerprint density at radius 1 is 1.33 bits per heavy atom. The molecular formula is C13H12ClN5S2. The summed E-state index contributed by atoms with van der Waals surface area (Å²) in [5.41, 5.74) is 10.1. The van der Waals surface area contributed by atoms with Crippen LogP contribution >= 0.6 is 35.6 Å². The average Bonchev–Trinajstić information content (AvgIpc) is 2.51. The average molecular weight is 338 g/mol. The summed E-state index contributed by atoms with van der Waals surface area (Å²) in [4.78, 5) is 7.89. The van der Waals surface area contributed by atoms with Crippen LogP contribution in [0.1, 0.15) is 11.3 Å². The van der Waals surface area contributed by atoms with Gasteiger partial charge < -0.3 is 5.73 Å². The van der Waals surface area contributed by atoms with E-state index in [1.54, 1.807) is 0 Å². The van der Waals surface area contributed by atoms with Crippen molar-refractivity contribution in [1.82, 2.24) is 15.4 Å². The maximum Gasteiger partial charge on any atom is 0.171 e. The van der Waals surface area contributed by atoms with Crippen LogP contribution in [0.2, 0.25) is 5.15 Å². The molecule has 0 atom stereocenters. The van der Waals surface area contributed by atoms with Crippen LogP contribution in [0.15, 0.2) is 47.8 Å². The van der Waals surface area contributed by atoms with Crippen LogP contribution in [-0.2, 0) is 5.75 Å². The molecule has 1 aromatic carbocycles. The van der Waals surface area contributed by atoms with Gasteiger partial charge in [-0.1, -0.05) is 65.9 Å². The van der Waals surface area contributed by atoms with Crippen molar-refractivity contribution in [3.05, 3.63) is 59.1 Å². The van der Waals surface area contributed by atoms with Gasteiger partial charge in [-0.2, -0.15) is 5.10 Å². The second-order valence-electron chi connectivity index (χ2n) is 3.90. The molecule has 0 bridgehead atoms. The number of thiocarbonyl (C=S) groups is 1. The summed E-state index contributed by atoms with van der Waals surface area (Å²) in [6, 6.07) is 10.0. The number of hydrazone groups is 1. The smallest absolute Gasteiger partial charge is 0.171 e. The van der Waals surface area contributed by atoms with Gasteiger partial charge in [0, 0.05) is 5.75 Å². The maximum atomic E-state index is 5.78. The monoisotopic (exact) mass is 337 g/mol. The van der Waals surface area contributed by atoms with Gasteiger partial charge in [-0.15, -0.1) is 0 Å². The summed E-state index contributed by atoms with van der Waals surface area (Å²) in [7, 11) is 0. The Kier molecular flexibility index (Phi) is 5.91. The summed E-state index contributed by atoms with van der Waals surface area (Å²) in [6.07, 6.45) is 2.90. The Bertz CT molecular complexity index is 648. The molecule has 0 unspecified atom stereocenters. The standard InChI is InChI=1S/C13H12ClN5S2/c14-11-7-16-6-10(17-11)12(15)18-19-13(20)21-8-9-4-2-1-3-5-9/h1-7H,8H2,(H2,15,18)(H,19,20). The van der Waals surface area contributed by atoms with Crippen molar-refractivity contribution in [2.45, 2.75) is 5.75 Å². The van der Waals surface area contributed by atoms with Gasteiger partial charge >= 0.3 is 0 Å². The molecule has 0 radical (unpaired) electrons. The third-order valence-electron chi connectivity index (χ3n) is 2.35. The van der Waals surface area contributed by atoms with Gasteiger partial charge in [-0.25, -0.2) is 4.98 Å². The van der Waals surface area contributed by atoms with E-state index in [0.717, 1.165) is 5.75 Å². The van der Waals surface area contributed by atoms with Crippen LogP contribution in [-0.4, -0.2) is 20.1 Å². The summed E-state index contributed by atoms with van der Waals surface area (Å²) >= 11 is 12.4. The molecular weight excluding hydrogens is 326 g/mol. The van der Waals surface area contributed by atoms with E-state index in [0.29, 0.717) is 10.0 Å². The summed E-state index contributed by atoms with van der Waals surface area (Å²) in [6.45, 7) is 0. The molecule has 0 aliphatic heterocycles. The minimum Gasteiger partial charge on any atom is -0.380 e. The number of thioether (sulfide) groups is 1. The zero-order valence-corrected chi connectivity index (χ0v) is 13.3. The van der Waals surface area contributed by atoms with Gasteiger partial charge in [-0.3, -0.25) is 10.4 Å². The van der Waals surface area contributed by atoms with Crippen molar-refractivity contribution in [3.63, 3.8) is 0 Å². The molecule has 0 saturated carbocycles. The molecule has 1 aromatic heterocycles. The molecule has 0 amide bonds. The van der Waals surface area contributed by atoms with Crippen LogP contribution < -0.4 is 11.2 Å². The molecule has 8 heteroatoms. The second-order valence-corrected chi connectivity index (χ2v) is 5.94. The van der Waals surface area contributed by atoms with Crippen molar-refractivity contribution >= 4 is 45.7 Å². The van der Waals surface area contributed by atoms with Gasteiger partial charge in [-0.05, 0) is 5.56 Å². The Morgan fingerprint density at radius 2 is 2.10 bits per heavy atom. The minimum absolute atomic E-state index is 0.174. The van der Waals surface area contributed by atoms with E-state index in [1.165, 1.54) is 29.7 Å². The summed E-state index contributed by atoms with van der Waals surface area (Å²) < 4.78 is 0.525. The van der Waals surface area contributed by atoms with Gasteiger partial charge in [0.05, 0.1) is 12.4 Å². The van der Waals surface area contributed by atoms with Gasteiger partial charge in [0.1, 0.15) is 10.8 Å². The number of hydrogen-bond donors (Lipinski definition) is 2. The van der Waals surface area contributed by atoms with E-state index >= 15 is 0 Å². The van der Waals surface area contributed by atoms with Crippen LogP contribution in [0.5, 0.6) is 0 Å². The first-order valence-corrected chi connectivity index (χ1v) is 7.70. The molecule has 108 valence electrons. The molecule has 0 saturated heterocycles. The number of benzene rings is 1. The van der Waals surface area contributed by atoms with Crippen molar-refractivity contribution in [1.29, 1.82) is 0 Å². The molecule has 0 aliphatic carbocycles. The number of halogens is 1. The van der Waals surface area contributed by atoms with Crippen molar-refractivity contribution in [3.8, 4) is 0 Å². The topological polar surface area (TPSA) is 76.2 Å². The van der Waals surface area contributed by atoms with E-state index in [-0.39, 0.29) is 11.0 Å². The predicted molar refractivity (Wildman–Crippen MR) is 91.2 cm³/mol. The van der Waals surface area contributed by atoms with Crippen molar-refractivity contribution < 1.29 is 0 Å². The number of hydrogen-bond acceptors (Lipinski definition) is 5. The number of rotatable bonds is 4. The number of amidine groups is 1. The molecule has 2 rings (SSSR count). The lowest BCUT2D eigenvalue weighted by atomic mass is 10.2. The second kappa shape index (κ2) is 7.92. The molecule has 0 fully saturated rings. The third-order valence-corrected chi connectivity index (χ3v) is 3.81. The molecule has 0 spiro atoms. The molecule has 3 N–H and O–H groups in total. The SMILES string of the molecule is N/C(=N\NC(=S)SCc1ccccc1)c1cncc(Cl)n1. The largest absolute Gasteiger partial charge is 0.380 e. The molecule has 2 aromatic rings. The highest BCUT2D eigenvalue weighted by molar-refractivity contribution is 8.22. The number of aromatic nitrogens is 2. The minimum atomic E-state index is 0.174. The zero-order valence-electron chi connectivity index (χ0n) is 10.9. The summed E-state index contributed by atoms with van der Waals surface area (Å²) in [5, 5.41) is 4.23. The highest BCUT2D eigenvalue weighted by Gasteiger charge is 2.03. The Morgan fingerprint density at radius 3 is 2.81 bits per heavy atom. The lowest BCUT2D eigenvalue weighted by Crippen LogP contribution is -2.22. The highest BCUT2D eigenvalue weighted by Crippen LogP contribution is 2.12. The van der Waals surface area contributed by atoms with Crippen LogP contribution in [0.25, 0.3) is 0 Å². The van der Waals surface area contributed by atoms with Gasteiger partial charge in [0.15, 0.2) is 10.2 Å². The molecule has 5 nitrogen and oxygen atoms in total. The fourth-order valence-corrected chi connectivity index (χ4v) is 2.35. The third kappa shape index (κ3) is 5.30. The van der Waals surface area contributed by atoms with Gasteiger partial charge in [0.2, 0.25) is 0 Å². The first-order valence-electron chi connectivity index (χ1n) is 5.93. The quantitative estimate of drug-likeness (QED) is 0.386. The number of nitrogens with one attached hydrogen (secondary N) is 1. The van der Waals surface area contributed by atoms with Crippen molar-refractivity contribution in [2.75, 3.05) is 0 Å². The fraction of sp³-hybridized carbons (Fsp3) is 0.0769. The van der Waals surface area contributed by atoms with E-state index < -0.39 is 0 Å². The fourth-order valence-electron chi connectivity index (χ4n) is 1.38. The number of nitrogens with zero attached hydrogens (tertiary/aromatic N) is 3. The normalized spacial score (nSPS) is 11.2. The van der Waals surface area contributed by atoms with Crippen LogP contribution in [0.4, 0.5) is 0 Å². The first-order chi connectivity index (χ1) is 10.1. The zero-order chi connectivity index (χ0) is 15.1. The van der Waals surface area contributed by atoms with E-state index in [1.807, 2.05) is 30.3 Å². The van der Waals surface area contributed by atoms with E-state index in [9.17, 15) is 0 Å². The Labute approximate surface area is 137 Å².